The van der Waals surface area contributed by atoms with E-state index < -0.39 is 0 Å². The van der Waals surface area contributed by atoms with E-state index in [2.05, 4.69) is 133 Å². The smallest absolute Gasteiger partial charge is 0.136 e. The maximum absolute atomic E-state index is 6.23. The van der Waals surface area contributed by atoms with Crippen LogP contribution in [0.4, 0.5) is 0 Å². The van der Waals surface area contributed by atoms with Crippen molar-refractivity contribution in [3.63, 3.8) is 0 Å². The Morgan fingerprint density at radius 2 is 0.929 bits per heavy atom. The maximum Gasteiger partial charge on any atom is 0.136 e. The summed E-state index contributed by atoms with van der Waals surface area (Å²) in [5.74, 6) is 0. The average molecular weight is 533 g/mol. The summed E-state index contributed by atoms with van der Waals surface area (Å²) >= 11 is 0. The fraction of sp³-hybridized carbons (Fsp3) is 0.0244. The minimum atomic E-state index is -0.340. The first-order valence-electron chi connectivity index (χ1n) is 14.6. The van der Waals surface area contributed by atoms with Crippen LogP contribution in [0.3, 0.4) is 0 Å². The normalized spacial score (nSPS) is 13.9. The highest BCUT2D eigenvalue weighted by atomic mass is 16.3. The Balaban J connectivity index is 1.25. The molecule has 0 radical (unpaired) electrons. The van der Waals surface area contributed by atoms with Crippen LogP contribution in [0.25, 0.3) is 66.1 Å². The van der Waals surface area contributed by atoms with Crippen LogP contribution < -0.4 is 0 Å². The van der Waals surface area contributed by atoms with Gasteiger partial charge in [-0.3, -0.25) is 0 Å². The van der Waals surface area contributed by atoms with Gasteiger partial charge in [-0.25, -0.2) is 0 Å². The van der Waals surface area contributed by atoms with Crippen molar-refractivity contribution < 1.29 is 4.42 Å². The molecule has 0 fully saturated rings. The van der Waals surface area contributed by atoms with Crippen molar-refractivity contribution in [2.45, 2.75) is 5.41 Å². The summed E-state index contributed by atoms with van der Waals surface area (Å²) in [7, 11) is 0. The molecule has 0 N–H and O–H groups in total. The van der Waals surface area contributed by atoms with Gasteiger partial charge in [0.2, 0.25) is 0 Å². The topological polar surface area (TPSA) is 13.1 Å². The van der Waals surface area contributed by atoms with E-state index in [4.69, 9.17) is 4.42 Å². The number of benzene rings is 7. The predicted molar refractivity (Wildman–Crippen MR) is 173 cm³/mol. The van der Waals surface area contributed by atoms with E-state index in [0.717, 1.165) is 21.9 Å². The number of furan rings is 1. The Morgan fingerprint density at radius 3 is 1.64 bits per heavy atom. The Bertz CT molecular complexity index is 2360. The van der Waals surface area contributed by atoms with Gasteiger partial charge in [-0.15, -0.1) is 0 Å². The van der Waals surface area contributed by atoms with Gasteiger partial charge >= 0.3 is 0 Å². The van der Waals surface area contributed by atoms with Crippen LogP contribution in [-0.2, 0) is 5.41 Å². The van der Waals surface area contributed by atoms with Gasteiger partial charge in [0.25, 0.3) is 0 Å². The molecule has 1 nitrogen and oxygen atoms in total. The second kappa shape index (κ2) is 7.87. The van der Waals surface area contributed by atoms with Gasteiger partial charge in [-0.05, 0) is 90.7 Å². The molecule has 0 bridgehead atoms. The van der Waals surface area contributed by atoms with Gasteiger partial charge in [0.05, 0.1) is 5.41 Å². The molecule has 0 saturated heterocycles. The lowest BCUT2D eigenvalue weighted by atomic mass is 9.69. The van der Waals surface area contributed by atoms with Gasteiger partial charge in [-0.2, -0.15) is 0 Å². The van der Waals surface area contributed by atoms with Gasteiger partial charge < -0.3 is 4.42 Å². The molecule has 0 saturated carbocycles. The highest BCUT2D eigenvalue weighted by molar-refractivity contribution is 6.07. The number of para-hydroxylation sites is 1. The molecule has 1 aromatic heterocycles. The minimum Gasteiger partial charge on any atom is -0.456 e. The summed E-state index contributed by atoms with van der Waals surface area (Å²) in [6.07, 6.45) is 0. The molecule has 2 aliphatic carbocycles. The summed E-state index contributed by atoms with van der Waals surface area (Å²) in [4.78, 5) is 0. The molecule has 8 aromatic rings. The fourth-order valence-corrected chi connectivity index (χ4v) is 8.02. The summed E-state index contributed by atoms with van der Waals surface area (Å²) < 4.78 is 6.23. The van der Waals surface area contributed by atoms with Crippen LogP contribution in [0, 0.1) is 0 Å². The van der Waals surface area contributed by atoms with Gasteiger partial charge in [0.1, 0.15) is 11.2 Å². The van der Waals surface area contributed by atoms with E-state index in [0.29, 0.717) is 0 Å². The Labute approximate surface area is 243 Å². The van der Waals surface area contributed by atoms with E-state index >= 15 is 0 Å². The van der Waals surface area contributed by atoms with E-state index in [1.165, 1.54) is 66.4 Å². The Kier molecular flexibility index (Phi) is 4.18. The second-order valence-corrected chi connectivity index (χ2v) is 11.6. The number of hydrogen-bond donors (Lipinski definition) is 0. The third kappa shape index (κ3) is 2.64. The molecule has 42 heavy (non-hydrogen) atoms. The number of fused-ring (bicyclic) bond motifs is 15. The standard InChI is InChI=1S/C41H24O/c1-5-13-35-29(9-1)30-10-2-6-14-36(30)41(35)37-15-7-3-11-31(37)34-22-19-27-23-25(17-20-28(27)40(34)41)26-18-21-33-32-12-4-8-16-38(32)42-39(33)24-26/h1-24H. The first kappa shape index (κ1) is 22.3. The fourth-order valence-electron chi connectivity index (χ4n) is 8.02. The molecule has 194 valence electrons. The molecule has 0 amide bonds. The highest BCUT2D eigenvalue weighted by Crippen LogP contribution is 2.64. The van der Waals surface area contributed by atoms with Crippen molar-refractivity contribution in [3.05, 3.63) is 168 Å². The van der Waals surface area contributed by atoms with Crippen LogP contribution in [0.1, 0.15) is 22.3 Å². The molecule has 10 rings (SSSR count). The van der Waals surface area contributed by atoms with Crippen molar-refractivity contribution >= 4 is 32.7 Å². The van der Waals surface area contributed by atoms with E-state index in [1.54, 1.807) is 0 Å². The number of rotatable bonds is 1. The predicted octanol–water partition coefficient (Wildman–Crippen LogP) is 10.7. The summed E-state index contributed by atoms with van der Waals surface area (Å²) in [5.41, 5.74) is 14.8. The summed E-state index contributed by atoms with van der Waals surface area (Å²) in [6, 6.07) is 53.5. The molecule has 2 aliphatic rings. The SMILES string of the molecule is c1ccc2c(c1)-c1ccccc1C21c2ccccc2-c2ccc3cc(-c4ccc5c(c4)oc4ccccc45)ccc3c21. The third-order valence-corrected chi connectivity index (χ3v) is 9.68. The third-order valence-electron chi connectivity index (χ3n) is 9.68. The van der Waals surface area contributed by atoms with Crippen molar-refractivity contribution in [1.82, 2.24) is 0 Å². The van der Waals surface area contributed by atoms with E-state index in [9.17, 15) is 0 Å². The lowest BCUT2D eigenvalue weighted by Gasteiger charge is -2.31. The zero-order valence-electron chi connectivity index (χ0n) is 22.8. The maximum atomic E-state index is 6.23. The highest BCUT2D eigenvalue weighted by Gasteiger charge is 2.52. The van der Waals surface area contributed by atoms with Crippen molar-refractivity contribution in [3.8, 4) is 33.4 Å². The van der Waals surface area contributed by atoms with Crippen LogP contribution in [0.15, 0.2) is 150 Å². The second-order valence-electron chi connectivity index (χ2n) is 11.6. The number of hydrogen-bond acceptors (Lipinski definition) is 1. The molecule has 0 unspecified atom stereocenters. The van der Waals surface area contributed by atoms with Gasteiger partial charge in [0.15, 0.2) is 0 Å². The lowest BCUT2D eigenvalue weighted by molar-refractivity contribution is 0.669. The largest absolute Gasteiger partial charge is 0.456 e. The zero-order valence-corrected chi connectivity index (χ0v) is 22.8. The molecular formula is C41H24O. The first-order valence-corrected chi connectivity index (χ1v) is 14.6. The molecule has 0 atom stereocenters. The van der Waals surface area contributed by atoms with Crippen molar-refractivity contribution in [2.24, 2.45) is 0 Å². The first-order chi connectivity index (χ1) is 20.8. The summed E-state index contributed by atoms with van der Waals surface area (Å²) in [5, 5.41) is 4.88. The minimum absolute atomic E-state index is 0.340. The molecule has 1 spiro atoms. The van der Waals surface area contributed by atoms with Crippen molar-refractivity contribution in [2.75, 3.05) is 0 Å². The molecule has 7 aromatic carbocycles. The van der Waals surface area contributed by atoms with Crippen LogP contribution in [-0.4, -0.2) is 0 Å². The van der Waals surface area contributed by atoms with Gasteiger partial charge in [-0.1, -0.05) is 121 Å². The zero-order chi connectivity index (χ0) is 27.4. The van der Waals surface area contributed by atoms with E-state index in [1.807, 2.05) is 12.1 Å². The quantitative estimate of drug-likeness (QED) is 0.205. The average Bonchev–Trinajstić information content (AvgIpc) is 3.68. The monoisotopic (exact) mass is 532 g/mol. The molecule has 1 heteroatoms. The Hall–Kier alpha value is -5.40. The van der Waals surface area contributed by atoms with Crippen LogP contribution >= 0.6 is 0 Å². The van der Waals surface area contributed by atoms with Crippen LogP contribution in [0.5, 0.6) is 0 Å². The molecule has 1 heterocycles. The van der Waals surface area contributed by atoms with Crippen molar-refractivity contribution in [1.29, 1.82) is 0 Å². The summed E-state index contributed by atoms with van der Waals surface area (Å²) in [6.45, 7) is 0. The van der Waals surface area contributed by atoms with Gasteiger partial charge in [0, 0.05) is 10.8 Å². The lowest BCUT2D eigenvalue weighted by Crippen LogP contribution is -2.26. The van der Waals surface area contributed by atoms with E-state index in [-0.39, 0.29) is 5.41 Å². The van der Waals surface area contributed by atoms with Crippen LogP contribution in [0.2, 0.25) is 0 Å². The molecule has 0 aliphatic heterocycles. The molecular weight excluding hydrogens is 508 g/mol. The Morgan fingerprint density at radius 1 is 0.381 bits per heavy atom.